The molecule has 7 heteroatoms. The van der Waals surface area contributed by atoms with E-state index in [1.165, 1.54) is 18.2 Å². The summed E-state index contributed by atoms with van der Waals surface area (Å²) in [7, 11) is 3.22. The molecule has 0 aliphatic heterocycles. The number of nitrogens with zero attached hydrogens (tertiary/aromatic N) is 1. The highest BCUT2D eigenvalue weighted by atomic mass is 19.1. The lowest BCUT2D eigenvalue weighted by molar-refractivity contribution is 0.102. The molecular formula is C22H22FN3O3. The molecule has 3 rings (SSSR count). The Kier molecular flexibility index (Phi) is 6.63. The van der Waals surface area contributed by atoms with Gasteiger partial charge in [0.15, 0.2) is 11.5 Å². The van der Waals surface area contributed by atoms with Crippen molar-refractivity contribution in [2.45, 2.75) is 6.42 Å². The summed E-state index contributed by atoms with van der Waals surface area (Å²) in [5, 5.41) is 5.93. The minimum absolute atomic E-state index is 0.252. The van der Waals surface area contributed by atoms with E-state index in [0.717, 1.165) is 12.0 Å². The van der Waals surface area contributed by atoms with Crippen LogP contribution in [0.5, 0.6) is 11.5 Å². The maximum absolute atomic E-state index is 13.2. The monoisotopic (exact) mass is 395 g/mol. The number of hydrogen-bond acceptors (Lipinski definition) is 5. The molecule has 2 aromatic carbocycles. The SMILES string of the molecule is COc1ccc(CCNc2ccc(NC(=O)c3cccc(F)c3)cn2)cc1OC. The summed E-state index contributed by atoms with van der Waals surface area (Å²) in [6.45, 7) is 0.678. The second-order valence-corrected chi connectivity index (χ2v) is 6.26. The van der Waals surface area contributed by atoms with Crippen molar-refractivity contribution < 1.29 is 18.7 Å². The predicted molar refractivity (Wildman–Crippen MR) is 110 cm³/mol. The molecule has 0 fully saturated rings. The third-order valence-electron chi connectivity index (χ3n) is 4.28. The molecule has 0 aliphatic rings. The third kappa shape index (κ3) is 5.44. The molecule has 0 radical (unpaired) electrons. The van der Waals surface area contributed by atoms with Crippen molar-refractivity contribution in [3.05, 3.63) is 77.7 Å². The van der Waals surface area contributed by atoms with Crippen LogP contribution in [0.3, 0.4) is 0 Å². The van der Waals surface area contributed by atoms with Gasteiger partial charge in [-0.2, -0.15) is 0 Å². The number of amides is 1. The highest BCUT2D eigenvalue weighted by molar-refractivity contribution is 6.04. The lowest BCUT2D eigenvalue weighted by atomic mass is 10.1. The maximum Gasteiger partial charge on any atom is 0.255 e. The first-order chi connectivity index (χ1) is 14.1. The molecule has 1 aromatic heterocycles. The van der Waals surface area contributed by atoms with Crippen LogP contribution in [-0.4, -0.2) is 31.7 Å². The first-order valence-electron chi connectivity index (χ1n) is 9.07. The standard InChI is InChI=1S/C22H22FN3O3/c1-28-19-8-6-15(12-20(19)29-2)10-11-24-21-9-7-18(14-25-21)26-22(27)16-4-3-5-17(23)13-16/h3-9,12-14H,10-11H2,1-2H3,(H,24,25)(H,26,27). The zero-order valence-corrected chi connectivity index (χ0v) is 16.2. The Morgan fingerprint density at radius 1 is 1.03 bits per heavy atom. The number of benzene rings is 2. The highest BCUT2D eigenvalue weighted by Gasteiger charge is 2.08. The van der Waals surface area contributed by atoms with Crippen LogP contribution >= 0.6 is 0 Å². The molecule has 0 spiro atoms. The highest BCUT2D eigenvalue weighted by Crippen LogP contribution is 2.27. The number of anilines is 2. The van der Waals surface area contributed by atoms with Gasteiger partial charge in [-0.25, -0.2) is 9.37 Å². The van der Waals surface area contributed by atoms with Gasteiger partial charge in [-0.15, -0.1) is 0 Å². The van der Waals surface area contributed by atoms with Crippen molar-refractivity contribution in [3.8, 4) is 11.5 Å². The summed E-state index contributed by atoms with van der Waals surface area (Å²) in [5.74, 6) is 1.24. The second-order valence-electron chi connectivity index (χ2n) is 6.26. The smallest absolute Gasteiger partial charge is 0.255 e. The van der Waals surface area contributed by atoms with Gasteiger partial charge in [-0.1, -0.05) is 12.1 Å². The average molecular weight is 395 g/mol. The van der Waals surface area contributed by atoms with Crippen LogP contribution in [0, 0.1) is 5.82 Å². The van der Waals surface area contributed by atoms with Gasteiger partial charge in [0.1, 0.15) is 11.6 Å². The number of hydrogen-bond donors (Lipinski definition) is 2. The van der Waals surface area contributed by atoms with E-state index in [2.05, 4.69) is 15.6 Å². The van der Waals surface area contributed by atoms with Crippen LogP contribution in [0.4, 0.5) is 15.9 Å². The van der Waals surface area contributed by atoms with Crippen LogP contribution < -0.4 is 20.1 Å². The van der Waals surface area contributed by atoms with E-state index in [-0.39, 0.29) is 11.5 Å². The van der Waals surface area contributed by atoms with Gasteiger partial charge in [0.25, 0.3) is 5.91 Å². The van der Waals surface area contributed by atoms with Gasteiger partial charge in [-0.3, -0.25) is 4.79 Å². The van der Waals surface area contributed by atoms with E-state index in [4.69, 9.17) is 9.47 Å². The summed E-state index contributed by atoms with van der Waals surface area (Å²) in [5.41, 5.74) is 1.89. The Morgan fingerprint density at radius 2 is 1.86 bits per heavy atom. The molecule has 1 amide bonds. The number of rotatable bonds is 8. The molecule has 0 aliphatic carbocycles. The Bertz CT molecular complexity index is 977. The summed E-state index contributed by atoms with van der Waals surface area (Å²) >= 11 is 0. The van der Waals surface area contributed by atoms with Crippen LogP contribution in [0.15, 0.2) is 60.8 Å². The van der Waals surface area contributed by atoms with Crippen molar-refractivity contribution in [1.82, 2.24) is 4.98 Å². The number of carbonyl (C=O) groups excluding carboxylic acids is 1. The van der Waals surface area contributed by atoms with E-state index in [1.54, 1.807) is 38.6 Å². The summed E-state index contributed by atoms with van der Waals surface area (Å²) in [6, 6.07) is 14.8. The molecule has 6 nitrogen and oxygen atoms in total. The summed E-state index contributed by atoms with van der Waals surface area (Å²) in [6.07, 6.45) is 2.33. The molecule has 150 valence electrons. The molecule has 2 N–H and O–H groups in total. The number of nitrogens with one attached hydrogen (secondary N) is 2. The average Bonchev–Trinajstić information content (AvgIpc) is 2.74. The van der Waals surface area contributed by atoms with Crippen molar-refractivity contribution in [2.24, 2.45) is 0 Å². The number of halogens is 1. The Hall–Kier alpha value is -3.61. The Morgan fingerprint density at radius 3 is 2.55 bits per heavy atom. The lowest BCUT2D eigenvalue weighted by Crippen LogP contribution is -2.12. The Balaban J connectivity index is 1.52. The maximum atomic E-state index is 13.2. The second kappa shape index (κ2) is 9.54. The van der Waals surface area contributed by atoms with E-state index in [0.29, 0.717) is 29.5 Å². The van der Waals surface area contributed by atoms with Gasteiger partial charge in [0, 0.05) is 12.1 Å². The largest absolute Gasteiger partial charge is 0.493 e. The number of methoxy groups -OCH3 is 2. The molecular weight excluding hydrogens is 373 g/mol. The minimum Gasteiger partial charge on any atom is -0.493 e. The molecule has 0 saturated heterocycles. The first kappa shape index (κ1) is 20.1. The molecule has 29 heavy (non-hydrogen) atoms. The minimum atomic E-state index is -0.454. The van der Waals surface area contributed by atoms with E-state index in [1.807, 2.05) is 18.2 Å². The van der Waals surface area contributed by atoms with E-state index in [9.17, 15) is 9.18 Å². The number of carbonyl (C=O) groups is 1. The van der Waals surface area contributed by atoms with Crippen LogP contribution in [-0.2, 0) is 6.42 Å². The van der Waals surface area contributed by atoms with Crippen LogP contribution in [0.25, 0.3) is 0 Å². The van der Waals surface area contributed by atoms with Gasteiger partial charge in [0.2, 0.25) is 0 Å². The topological polar surface area (TPSA) is 72.5 Å². The number of ether oxygens (including phenoxy) is 2. The fourth-order valence-corrected chi connectivity index (χ4v) is 2.78. The van der Waals surface area contributed by atoms with Gasteiger partial charge in [0.05, 0.1) is 26.1 Å². The lowest BCUT2D eigenvalue weighted by Gasteiger charge is -2.10. The molecule has 1 heterocycles. The first-order valence-corrected chi connectivity index (χ1v) is 9.07. The van der Waals surface area contributed by atoms with E-state index >= 15 is 0 Å². The van der Waals surface area contributed by atoms with Crippen molar-refractivity contribution in [1.29, 1.82) is 0 Å². The number of pyridine rings is 1. The summed E-state index contributed by atoms with van der Waals surface area (Å²) < 4.78 is 23.8. The predicted octanol–water partition coefficient (Wildman–Crippen LogP) is 4.14. The number of aromatic nitrogens is 1. The molecule has 0 saturated carbocycles. The van der Waals surface area contributed by atoms with Crippen molar-refractivity contribution >= 4 is 17.4 Å². The zero-order valence-electron chi connectivity index (χ0n) is 16.2. The molecule has 0 bridgehead atoms. The fourth-order valence-electron chi connectivity index (χ4n) is 2.78. The van der Waals surface area contributed by atoms with Crippen LogP contribution in [0.1, 0.15) is 15.9 Å². The summed E-state index contributed by atoms with van der Waals surface area (Å²) in [4.78, 5) is 16.4. The van der Waals surface area contributed by atoms with Gasteiger partial charge < -0.3 is 20.1 Å². The van der Waals surface area contributed by atoms with Crippen molar-refractivity contribution in [3.63, 3.8) is 0 Å². The normalized spacial score (nSPS) is 10.3. The molecule has 3 aromatic rings. The quantitative estimate of drug-likeness (QED) is 0.600. The van der Waals surface area contributed by atoms with Gasteiger partial charge in [-0.05, 0) is 54.4 Å². The van der Waals surface area contributed by atoms with Crippen molar-refractivity contribution in [2.75, 3.05) is 31.4 Å². The molecule has 0 atom stereocenters. The van der Waals surface area contributed by atoms with Crippen LogP contribution in [0.2, 0.25) is 0 Å². The third-order valence-corrected chi connectivity index (χ3v) is 4.28. The van der Waals surface area contributed by atoms with Gasteiger partial charge >= 0.3 is 0 Å². The zero-order chi connectivity index (χ0) is 20.6. The molecule has 0 unspecified atom stereocenters. The fraction of sp³-hybridized carbons (Fsp3) is 0.182. The van der Waals surface area contributed by atoms with E-state index < -0.39 is 5.82 Å². The Labute approximate surface area is 168 Å².